The van der Waals surface area contributed by atoms with Gasteiger partial charge in [-0.3, -0.25) is 0 Å². The van der Waals surface area contributed by atoms with Crippen LogP contribution in [0.3, 0.4) is 0 Å². The van der Waals surface area contributed by atoms with E-state index in [1.54, 1.807) is 0 Å². The normalized spacial score (nSPS) is 4.80. The number of rotatable bonds is 0. The fourth-order valence-corrected chi connectivity index (χ4v) is 0. The van der Waals surface area contributed by atoms with Crippen molar-refractivity contribution in [3.8, 4) is 0 Å². The van der Waals surface area contributed by atoms with Gasteiger partial charge in [0, 0.05) is 0 Å². The summed E-state index contributed by atoms with van der Waals surface area (Å²) in [4.78, 5) is 25.0. The van der Waals surface area contributed by atoms with E-state index in [4.69, 9.17) is 45.0 Å². The number of carboxylic acid groups (broad SMARTS) is 6. The molecule has 0 atom stereocenters. The molecule has 0 heterocycles. The summed E-state index contributed by atoms with van der Waals surface area (Å²) in [6, 6.07) is 0. The first-order chi connectivity index (χ1) is 5.20. The maximum absolute atomic E-state index is 8.33. The SMILES string of the molecule is O=C([O-])[O-].O=C([O-])[O-].O=C([O-])[O-].[Ba+2].[Ca+2].[Zn+2]. The number of hydrogen-bond acceptors (Lipinski definition) is 9. The molecule has 0 aromatic rings. The smallest absolute Gasteiger partial charge is 0.652 e. The molecule has 0 bridgehead atoms. The standard InChI is InChI=1S/3CH2O3.Ba.Ca.Zn/c3*2-1(3)4;;;/h3*(H2,2,3,4);;;/q;;;3*+2/p-6. The van der Waals surface area contributed by atoms with E-state index in [-0.39, 0.29) is 106 Å². The molecule has 0 saturated carbocycles. The van der Waals surface area contributed by atoms with Crippen LogP contribution in [0.2, 0.25) is 0 Å². The molecule has 15 heavy (non-hydrogen) atoms. The summed E-state index contributed by atoms with van der Waals surface area (Å²) in [5.41, 5.74) is 0. The Bertz CT molecular complexity index is 123. The summed E-state index contributed by atoms with van der Waals surface area (Å²) in [6.45, 7) is 0. The zero-order valence-electron chi connectivity index (χ0n) is 7.30. The van der Waals surface area contributed by atoms with E-state index in [1.165, 1.54) is 0 Å². The van der Waals surface area contributed by atoms with Gasteiger partial charge in [-0.2, -0.15) is 0 Å². The van der Waals surface area contributed by atoms with Gasteiger partial charge in [-0.15, -0.1) is 0 Å². The molecule has 0 aliphatic heterocycles. The molecule has 0 N–H and O–H groups in total. The Morgan fingerprint density at radius 3 is 0.600 bits per heavy atom. The molecule has 0 aromatic heterocycles. The topological polar surface area (TPSA) is 190 Å². The van der Waals surface area contributed by atoms with E-state index >= 15 is 0 Å². The van der Waals surface area contributed by atoms with Gasteiger partial charge in [0.15, 0.2) is 0 Å². The zero-order valence-corrected chi connectivity index (χ0v) is 16.9. The Kier molecular flexibility index (Phi) is 70.7. The molecule has 0 rings (SSSR count). The van der Waals surface area contributed by atoms with Gasteiger partial charge in [0.1, 0.15) is 0 Å². The minimum atomic E-state index is -2.33. The predicted molar refractivity (Wildman–Crippen MR) is 27.7 cm³/mol. The van der Waals surface area contributed by atoms with Crippen LogP contribution in [0.5, 0.6) is 0 Å². The average molecular weight is 423 g/mol. The Morgan fingerprint density at radius 1 is 0.600 bits per heavy atom. The number of carbonyl (C=O) groups excluding carboxylic acids is 3. The molecule has 0 amide bonds. The third kappa shape index (κ3) is 1680. The first-order valence-electron chi connectivity index (χ1n) is 1.84. The molecule has 0 unspecified atom stereocenters. The van der Waals surface area contributed by atoms with Gasteiger partial charge in [0.05, 0.1) is 0 Å². The minimum absolute atomic E-state index is 0. The van der Waals surface area contributed by atoms with Gasteiger partial charge < -0.3 is 45.0 Å². The first kappa shape index (κ1) is 36.0. The average Bonchev–Trinajstić information content (AvgIpc) is 1.54. The summed E-state index contributed by atoms with van der Waals surface area (Å²) < 4.78 is 0. The second-order valence-corrected chi connectivity index (χ2v) is 0.750. The van der Waals surface area contributed by atoms with Crippen molar-refractivity contribution in [2.24, 2.45) is 0 Å². The van der Waals surface area contributed by atoms with E-state index in [9.17, 15) is 0 Å². The molecular weight excluding hydrogens is 423 g/mol. The third-order valence-electron chi connectivity index (χ3n) is 0. The number of hydrogen-bond donors (Lipinski definition) is 0. The Morgan fingerprint density at radius 2 is 0.600 bits per heavy atom. The molecule has 72 valence electrons. The van der Waals surface area contributed by atoms with Crippen molar-refractivity contribution in [2.45, 2.75) is 0 Å². The summed E-state index contributed by atoms with van der Waals surface area (Å²) in [5.74, 6) is 0. The fraction of sp³-hybridized carbons (Fsp3) is 0. The van der Waals surface area contributed by atoms with E-state index < -0.39 is 18.5 Å². The van der Waals surface area contributed by atoms with Crippen LogP contribution < -0.4 is 30.6 Å². The maximum Gasteiger partial charge on any atom is 2.00 e. The summed E-state index contributed by atoms with van der Waals surface area (Å²) >= 11 is 0. The molecule has 12 heteroatoms. The van der Waals surface area contributed by atoms with Crippen molar-refractivity contribution >= 4 is 105 Å². The first-order valence-corrected chi connectivity index (χ1v) is 1.84. The van der Waals surface area contributed by atoms with Crippen molar-refractivity contribution < 1.29 is 64.5 Å². The second-order valence-electron chi connectivity index (χ2n) is 0.750. The monoisotopic (exact) mass is 422 g/mol. The minimum Gasteiger partial charge on any atom is -0.652 e. The quantitative estimate of drug-likeness (QED) is 0.341. The van der Waals surface area contributed by atoms with Crippen LogP contribution in [-0.4, -0.2) is 105 Å². The van der Waals surface area contributed by atoms with Crippen LogP contribution in [0, 0.1) is 0 Å². The number of carbonyl (C=O) groups is 3. The molecule has 9 nitrogen and oxygen atoms in total. The molecule has 0 aliphatic carbocycles. The van der Waals surface area contributed by atoms with Gasteiger partial charge in [-0.1, -0.05) is 0 Å². The van der Waals surface area contributed by atoms with E-state index in [0.29, 0.717) is 0 Å². The van der Waals surface area contributed by atoms with Crippen LogP contribution in [0.4, 0.5) is 14.4 Å². The predicted octanol–water partition coefficient (Wildman–Crippen LogP) is -8.11. The summed E-state index contributed by atoms with van der Waals surface area (Å²) in [5, 5.41) is 50.0. The molecule has 0 spiro atoms. The molecule has 0 radical (unpaired) electrons. The van der Waals surface area contributed by atoms with Crippen LogP contribution in [0.25, 0.3) is 0 Å². The Balaban J connectivity index is -0.0000000184. The molecule has 0 aliphatic rings. The molecular formula is C3BaCaO9Zn. The van der Waals surface area contributed by atoms with Gasteiger partial charge in [-0.05, 0) is 18.5 Å². The van der Waals surface area contributed by atoms with Crippen molar-refractivity contribution in [3.05, 3.63) is 0 Å². The van der Waals surface area contributed by atoms with Gasteiger partial charge in [-0.25, -0.2) is 0 Å². The van der Waals surface area contributed by atoms with Crippen molar-refractivity contribution in [3.63, 3.8) is 0 Å². The second kappa shape index (κ2) is 29.5. The largest absolute Gasteiger partial charge is 2.00 e. The molecule has 0 fully saturated rings. The summed E-state index contributed by atoms with van der Waals surface area (Å²) in [6.07, 6.45) is -7.00. The summed E-state index contributed by atoms with van der Waals surface area (Å²) in [7, 11) is 0. The van der Waals surface area contributed by atoms with Crippen LogP contribution in [0.1, 0.15) is 0 Å². The van der Waals surface area contributed by atoms with Crippen LogP contribution >= 0.6 is 0 Å². The zero-order chi connectivity index (χ0) is 10.7. The third-order valence-corrected chi connectivity index (χ3v) is 0. The van der Waals surface area contributed by atoms with Crippen molar-refractivity contribution in [2.75, 3.05) is 0 Å². The van der Waals surface area contributed by atoms with Gasteiger partial charge >= 0.3 is 106 Å². The van der Waals surface area contributed by atoms with Crippen LogP contribution in [0.15, 0.2) is 0 Å². The van der Waals surface area contributed by atoms with Crippen molar-refractivity contribution in [1.82, 2.24) is 0 Å². The van der Waals surface area contributed by atoms with E-state index in [1.807, 2.05) is 0 Å². The Labute approximate surface area is 166 Å². The van der Waals surface area contributed by atoms with E-state index in [2.05, 4.69) is 0 Å². The van der Waals surface area contributed by atoms with Crippen molar-refractivity contribution in [1.29, 1.82) is 0 Å². The van der Waals surface area contributed by atoms with E-state index in [0.717, 1.165) is 0 Å². The van der Waals surface area contributed by atoms with Crippen LogP contribution in [-0.2, 0) is 19.5 Å². The Hall–Kier alpha value is 1.26. The molecule has 0 saturated heterocycles. The maximum atomic E-state index is 8.33. The molecule has 0 aromatic carbocycles. The van der Waals surface area contributed by atoms with Gasteiger partial charge in [0.2, 0.25) is 0 Å². The van der Waals surface area contributed by atoms with Gasteiger partial charge in [0.25, 0.3) is 0 Å². The fourth-order valence-electron chi connectivity index (χ4n) is 0.